The van der Waals surface area contributed by atoms with Crippen molar-refractivity contribution in [2.75, 3.05) is 26.2 Å². The molecule has 0 saturated heterocycles. The SMILES string of the molecule is Cc1cccc(OCC(O)CNCCNC(=O)C2CC2)c1. The van der Waals surface area contributed by atoms with Gasteiger partial charge in [-0.3, -0.25) is 4.79 Å². The maximum Gasteiger partial charge on any atom is 0.223 e. The first-order valence-corrected chi connectivity index (χ1v) is 7.51. The molecule has 1 aromatic carbocycles. The van der Waals surface area contributed by atoms with Crippen molar-refractivity contribution in [1.82, 2.24) is 10.6 Å². The van der Waals surface area contributed by atoms with E-state index in [1.165, 1.54) is 0 Å². The van der Waals surface area contributed by atoms with Crippen molar-refractivity contribution in [3.05, 3.63) is 29.8 Å². The van der Waals surface area contributed by atoms with Crippen molar-refractivity contribution in [2.45, 2.75) is 25.9 Å². The van der Waals surface area contributed by atoms with Crippen LogP contribution in [0.4, 0.5) is 0 Å². The summed E-state index contributed by atoms with van der Waals surface area (Å²) in [5.41, 5.74) is 1.13. The second-order valence-corrected chi connectivity index (χ2v) is 5.55. The Morgan fingerprint density at radius 2 is 2.24 bits per heavy atom. The summed E-state index contributed by atoms with van der Waals surface area (Å²) in [7, 11) is 0. The minimum atomic E-state index is -0.565. The summed E-state index contributed by atoms with van der Waals surface area (Å²) in [6.45, 7) is 3.96. The molecule has 1 unspecified atom stereocenters. The first-order chi connectivity index (χ1) is 10.1. The summed E-state index contributed by atoms with van der Waals surface area (Å²) in [6.07, 6.45) is 1.48. The highest BCUT2D eigenvalue weighted by atomic mass is 16.5. The number of aryl methyl sites for hydroxylation is 1. The third-order valence-corrected chi connectivity index (χ3v) is 3.36. The number of amides is 1. The van der Waals surface area contributed by atoms with E-state index in [4.69, 9.17) is 4.74 Å². The van der Waals surface area contributed by atoms with E-state index in [1.54, 1.807) is 0 Å². The Labute approximate surface area is 125 Å². The molecule has 1 aromatic rings. The minimum absolute atomic E-state index is 0.153. The molecule has 5 heteroatoms. The number of nitrogens with one attached hydrogen (secondary N) is 2. The van der Waals surface area contributed by atoms with E-state index in [0.29, 0.717) is 19.6 Å². The van der Waals surface area contributed by atoms with Crippen LogP contribution in [0.5, 0.6) is 5.75 Å². The van der Waals surface area contributed by atoms with Gasteiger partial charge in [-0.15, -0.1) is 0 Å². The number of carbonyl (C=O) groups is 1. The van der Waals surface area contributed by atoms with Crippen molar-refractivity contribution >= 4 is 5.91 Å². The lowest BCUT2D eigenvalue weighted by molar-refractivity contribution is -0.122. The molecular formula is C16H24N2O3. The highest BCUT2D eigenvalue weighted by molar-refractivity contribution is 5.80. The quantitative estimate of drug-likeness (QED) is 0.590. The number of hydrogen-bond donors (Lipinski definition) is 3. The molecule has 1 aliphatic carbocycles. The lowest BCUT2D eigenvalue weighted by atomic mass is 10.2. The Hall–Kier alpha value is -1.59. The van der Waals surface area contributed by atoms with Gasteiger partial charge in [-0.05, 0) is 37.5 Å². The number of rotatable bonds is 9. The fourth-order valence-corrected chi connectivity index (χ4v) is 1.99. The largest absolute Gasteiger partial charge is 0.491 e. The molecular weight excluding hydrogens is 268 g/mol. The summed E-state index contributed by atoms with van der Waals surface area (Å²) in [5.74, 6) is 1.17. The zero-order valence-corrected chi connectivity index (χ0v) is 12.5. The third kappa shape index (κ3) is 6.14. The summed E-state index contributed by atoms with van der Waals surface area (Å²) in [6, 6.07) is 7.74. The highest BCUT2D eigenvalue weighted by Crippen LogP contribution is 2.28. The fourth-order valence-electron chi connectivity index (χ4n) is 1.99. The normalized spacial score (nSPS) is 15.5. The molecule has 0 radical (unpaired) electrons. The molecule has 21 heavy (non-hydrogen) atoms. The molecule has 2 rings (SSSR count). The number of hydrogen-bond acceptors (Lipinski definition) is 4. The maximum absolute atomic E-state index is 11.4. The van der Waals surface area contributed by atoms with E-state index in [1.807, 2.05) is 31.2 Å². The van der Waals surface area contributed by atoms with E-state index < -0.39 is 6.10 Å². The molecule has 0 bridgehead atoms. The van der Waals surface area contributed by atoms with E-state index in [2.05, 4.69) is 10.6 Å². The van der Waals surface area contributed by atoms with Gasteiger partial charge in [0.05, 0.1) is 0 Å². The van der Waals surface area contributed by atoms with Crippen molar-refractivity contribution in [1.29, 1.82) is 0 Å². The molecule has 1 aliphatic rings. The van der Waals surface area contributed by atoms with Gasteiger partial charge in [-0.1, -0.05) is 12.1 Å². The van der Waals surface area contributed by atoms with Gasteiger partial charge in [0.25, 0.3) is 0 Å². The molecule has 1 atom stereocenters. The van der Waals surface area contributed by atoms with Gasteiger partial charge in [-0.2, -0.15) is 0 Å². The van der Waals surface area contributed by atoms with E-state index in [9.17, 15) is 9.90 Å². The molecule has 116 valence electrons. The van der Waals surface area contributed by atoms with Crippen LogP contribution in [0, 0.1) is 12.8 Å². The van der Waals surface area contributed by atoms with Crippen molar-refractivity contribution in [2.24, 2.45) is 5.92 Å². The van der Waals surface area contributed by atoms with Crippen LogP contribution in [0.25, 0.3) is 0 Å². The lowest BCUT2D eigenvalue weighted by Crippen LogP contribution is -2.37. The average Bonchev–Trinajstić information content (AvgIpc) is 3.29. The van der Waals surface area contributed by atoms with Crippen LogP contribution in [0.3, 0.4) is 0 Å². The van der Waals surface area contributed by atoms with Crippen LogP contribution >= 0.6 is 0 Å². The van der Waals surface area contributed by atoms with Crippen LogP contribution in [-0.4, -0.2) is 43.4 Å². The summed E-state index contributed by atoms with van der Waals surface area (Å²) < 4.78 is 5.52. The van der Waals surface area contributed by atoms with E-state index in [0.717, 1.165) is 24.2 Å². The Morgan fingerprint density at radius 1 is 1.43 bits per heavy atom. The Kier molecular flexibility index (Phi) is 6.02. The summed E-state index contributed by atoms with van der Waals surface area (Å²) in [5, 5.41) is 15.8. The maximum atomic E-state index is 11.4. The minimum Gasteiger partial charge on any atom is -0.491 e. The summed E-state index contributed by atoms with van der Waals surface area (Å²) >= 11 is 0. The Balaban J connectivity index is 1.51. The number of ether oxygens (including phenoxy) is 1. The smallest absolute Gasteiger partial charge is 0.223 e. The van der Waals surface area contributed by atoms with Gasteiger partial charge in [0, 0.05) is 25.6 Å². The van der Waals surface area contributed by atoms with Gasteiger partial charge in [0.1, 0.15) is 18.5 Å². The second kappa shape index (κ2) is 8.00. The zero-order chi connectivity index (χ0) is 15.1. The molecule has 1 amide bonds. The first-order valence-electron chi connectivity index (χ1n) is 7.51. The van der Waals surface area contributed by atoms with Crippen LogP contribution < -0.4 is 15.4 Å². The first kappa shape index (κ1) is 15.8. The zero-order valence-electron chi connectivity index (χ0n) is 12.5. The van der Waals surface area contributed by atoms with Crippen LogP contribution in [0.1, 0.15) is 18.4 Å². The monoisotopic (exact) mass is 292 g/mol. The van der Waals surface area contributed by atoms with Gasteiger partial charge < -0.3 is 20.5 Å². The van der Waals surface area contributed by atoms with Gasteiger partial charge >= 0.3 is 0 Å². The topological polar surface area (TPSA) is 70.6 Å². The van der Waals surface area contributed by atoms with Crippen molar-refractivity contribution < 1.29 is 14.6 Å². The number of benzene rings is 1. The number of aliphatic hydroxyl groups excluding tert-OH is 1. The molecule has 1 saturated carbocycles. The lowest BCUT2D eigenvalue weighted by Gasteiger charge is -2.13. The van der Waals surface area contributed by atoms with Crippen LogP contribution in [0.2, 0.25) is 0 Å². The van der Waals surface area contributed by atoms with Crippen LogP contribution in [-0.2, 0) is 4.79 Å². The second-order valence-electron chi connectivity index (χ2n) is 5.55. The van der Waals surface area contributed by atoms with Crippen molar-refractivity contribution in [3.8, 4) is 5.75 Å². The molecule has 0 heterocycles. The van der Waals surface area contributed by atoms with Gasteiger partial charge in [-0.25, -0.2) is 0 Å². The molecule has 0 spiro atoms. The molecule has 0 aliphatic heterocycles. The predicted octanol–water partition coefficient (Wildman–Crippen LogP) is 0.851. The van der Waals surface area contributed by atoms with E-state index >= 15 is 0 Å². The van der Waals surface area contributed by atoms with Gasteiger partial charge in [0.15, 0.2) is 0 Å². The highest BCUT2D eigenvalue weighted by Gasteiger charge is 2.28. The molecule has 0 aromatic heterocycles. The standard InChI is InChI=1S/C16H24N2O3/c1-12-3-2-4-15(9-12)21-11-14(19)10-17-7-8-18-16(20)13-5-6-13/h2-4,9,13-14,17,19H,5-8,10-11H2,1H3,(H,18,20). The molecule has 1 fully saturated rings. The van der Waals surface area contributed by atoms with Gasteiger partial charge in [0.2, 0.25) is 5.91 Å². The number of aliphatic hydroxyl groups is 1. The predicted molar refractivity (Wildman–Crippen MR) is 81.3 cm³/mol. The number of carbonyl (C=O) groups excluding carboxylic acids is 1. The third-order valence-electron chi connectivity index (χ3n) is 3.36. The summed E-state index contributed by atoms with van der Waals surface area (Å²) in [4.78, 5) is 11.4. The Morgan fingerprint density at radius 3 is 2.95 bits per heavy atom. The van der Waals surface area contributed by atoms with E-state index in [-0.39, 0.29) is 18.4 Å². The Bertz CT molecular complexity index is 461. The average molecular weight is 292 g/mol. The van der Waals surface area contributed by atoms with Crippen molar-refractivity contribution in [3.63, 3.8) is 0 Å². The fraction of sp³-hybridized carbons (Fsp3) is 0.562. The van der Waals surface area contributed by atoms with Crippen LogP contribution in [0.15, 0.2) is 24.3 Å². The molecule has 5 nitrogen and oxygen atoms in total. The molecule has 3 N–H and O–H groups in total.